The van der Waals surface area contributed by atoms with E-state index in [4.69, 9.17) is 4.74 Å². The highest BCUT2D eigenvalue weighted by Crippen LogP contribution is 2.40. The Morgan fingerprint density at radius 3 is 3.15 bits per heavy atom. The standard InChI is InChI=1S/C15H23N3O2/c1-2-20-14-9-13(16-11-17-14)18-8-7-15(19)6-4-3-5-12(15)10-18/h9,11-12,19H,2-8,10H2,1H3. The highest BCUT2D eigenvalue weighted by Gasteiger charge is 2.42. The molecule has 0 radical (unpaired) electrons. The minimum atomic E-state index is -0.440. The molecule has 0 bridgehead atoms. The van der Waals surface area contributed by atoms with E-state index in [-0.39, 0.29) is 0 Å². The van der Waals surface area contributed by atoms with Crippen LogP contribution in [0.3, 0.4) is 0 Å². The fraction of sp³-hybridized carbons (Fsp3) is 0.733. The van der Waals surface area contributed by atoms with Crippen molar-refractivity contribution in [3.8, 4) is 5.88 Å². The van der Waals surface area contributed by atoms with Gasteiger partial charge in [0, 0.05) is 25.1 Å². The number of piperidine rings is 1. The van der Waals surface area contributed by atoms with Gasteiger partial charge in [0.25, 0.3) is 0 Å². The lowest BCUT2D eigenvalue weighted by molar-refractivity contribution is -0.0613. The van der Waals surface area contributed by atoms with Gasteiger partial charge in [-0.3, -0.25) is 0 Å². The first kappa shape index (κ1) is 13.6. The first-order valence-corrected chi connectivity index (χ1v) is 7.63. The van der Waals surface area contributed by atoms with Crippen LogP contribution in [0.2, 0.25) is 0 Å². The van der Waals surface area contributed by atoms with Crippen molar-refractivity contribution >= 4 is 5.82 Å². The van der Waals surface area contributed by atoms with Crippen LogP contribution in [0.4, 0.5) is 5.82 Å². The maximum absolute atomic E-state index is 10.7. The third-order valence-electron chi connectivity index (χ3n) is 4.67. The summed E-state index contributed by atoms with van der Waals surface area (Å²) in [7, 11) is 0. The van der Waals surface area contributed by atoms with Crippen LogP contribution in [0.25, 0.3) is 0 Å². The second-order valence-electron chi connectivity index (χ2n) is 5.89. The lowest BCUT2D eigenvalue weighted by Crippen LogP contribution is -2.53. The van der Waals surface area contributed by atoms with Crippen molar-refractivity contribution in [2.24, 2.45) is 5.92 Å². The molecule has 110 valence electrons. The van der Waals surface area contributed by atoms with E-state index in [1.165, 1.54) is 6.42 Å². The molecular formula is C15H23N3O2. The van der Waals surface area contributed by atoms with E-state index in [0.29, 0.717) is 18.4 Å². The molecule has 2 unspecified atom stereocenters. The molecule has 0 aromatic carbocycles. The van der Waals surface area contributed by atoms with Gasteiger partial charge in [-0.25, -0.2) is 9.97 Å². The SMILES string of the molecule is CCOc1cc(N2CCC3(O)CCCCC3C2)ncn1. The highest BCUT2D eigenvalue weighted by molar-refractivity contribution is 5.41. The van der Waals surface area contributed by atoms with E-state index in [1.54, 1.807) is 6.33 Å². The Morgan fingerprint density at radius 2 is 2.30 bits per heavy atom. The van der Waals surface area contributed by atoms with Crippen molar-refractivity contribution in [1.29, 1.82) is 0 Å². The Kier molecular flexibility index (Phi) is 3.78. The Balaban J connectivity index is 1.74. The van der Waals surface area contributed by atoms with Gasteiger partial charge in [-0.05, 0) is 26.2 Å². The first-order valence-electron chi connectivity index (χ1n) is 7.63. The Morgan fingerprint density at radius 1 is 1.40 bits per heavy atom. The van der Waals surface area contributed by atoms with E-state index in [0.717, 1.165) is 44.6 Å². The van der Waals surface area contributed by atoms with Gasteiger partial charge >= 0.3 is 0 Å². The zero-order valence-corrected chi connectivity index (χ0v) is 12.1. The molecule has 1 saturated carbocycles. The lowest BCUT2D eigenvalue weighted by Gasteiger charge is -2.47. The van der Waals surface area contributed by atoms with Gasteiger partial charge in [-0.2, -0.15) is 0 Å². The molecule has 3 rings (SSSR count). The summed E-state index contributed by atoms with van der Waals surface area (Å²) in [5, 5.41) is 10.7. The summed E-state index contributed by atoms with van der Waals surface area (Å²) in [6, 6.07) is 1.90. The summed E-state index contributed by atoms with van der Waals surface area (Å²) >= 11 is 0. The number of anilines is 1. The van der Waals surface area contributed by atoms with E-state index >= 15 is 0 Å². The largest absolute Gasteiger partial charge is 0.478 e. The number of aliphatic hydroxyl groups is 1. The summed E-state index contributed by atoms with van der Waals surface area (Å²) in [5.74, 6) is 1.91. The molecule has 5 heteroatoms. The fourth-order valence-electron chi connectivity index (χ4n) is 3.51. The van der Waals surface area contributed by atoms with Crippen LogP contribution in [0.5, 0.6) is 5.88 Å². The van der Waals surface area contributed by atoms with Gasteiger partial charge in [0.15, 0.2) is 0 Å². The third kappa shape index (κ3) is 2.59. The van der Waals surface area contributed by atoms with Crippen LogP contribution in [-0.4, -0.2) is 40.4 Å². The molecule has 0 amide bonds. The summed E-state index contributed by atoms with van der Waals surface area (Å²) in [5.41, 5.74) is -0.440. The second kappa shape index (κ2) is 5.56. The van der Waals surface area contributed by atoms with Crippen LogP contribution >= 0.6 is 0 Å². The fourth-order valence-corrected chi connectivity index (χ4v) is 3.51. The molecule has 0 spiro atoms. The molecule has 20 heavy (non-hydrogen) atoms. The molecule has 1 aromatic heterocycles. The number of fused-ring (bicyclic) bond motifs is 1. The smallest absolute Gasteiger partial charge is 0.218 e. The van der Waals surface area contributed by atoms with E-state index < -0.39 is 5.60 Å². The molecule has 2 aliphatic rings. The normalized spacial score (nSPS) is 29.9. The molecule has 2 heterocycles. The molecule has 1 saturated heterocycles. The number of rotatable bonds is 3. The number of ether oxygens (including phenoxy) is 1. The van der Waals surface area contributed by atoms with Crippen molar-refractivity contribution in [3.63, 3.8) is 0 Å². The zero-order chi connectivity index (χ0) is 14.0. The molecule has 1 aliphatic carbocycles. The highest BCUT2D eigenvalue weighted by atomic mass is 16.5. The van der Waals surface area contributed by atoms with Crippen LogP contribution in [0, 0.1) is 5.92 Å². The quantitative estimate of drug-likeness (QED) is 0.916. The molecular weight excluding hydrogens is 254 g/mol. The summed E-state index contributed by atoms with van der Waals surface area (Å²) in [4.78, 5) is 10.7. The van der Waals surface area contributed by atoms with Crippen LogP contribution < -0.4 is 9.64 Å². The topological polar surface area (TPSA) is 58.5 Å². The molecule has 2 atom stereocenters. The average Bonchev–Trinajstić information content (AvgIpc) is 2.47. The van der Waals surface area contributed by atoms with Crippen molar-refractivity contribution in [1.82, 2.24) is 9.97 Å². The van der Waals surface area contributed by atoms with Gasteiger partial charge in [-0.15, -0.1) is 0 Å². The van der Waals surface area contributed by atoms with Crippen LogP contribution in [-0.2, 0) is 0 Å². The van der Waals surface area contributed by atoms with Crippen molar-refractivity contribution in [2.45, 2.75) is 44.6 Å². The van der Waals surface area contributed by atoms with E-state index in [2.05, 4.69) is 14.9 Å². The van der Waals surface area contributed by atoms with Crippen molar-refractivity contribution < 1.29 is 9.84 Å². The number of hydrogen-bond acceptors (Lipinski definition) is 5. The van der Waals surface area contributed by atoms with Crippen LogP contribution in [0.1, 0.15) is 39.0 Å². The third-order valence-corrected chi connectivity index (χ3v) is 4.67. The zero-order valence-electron chi connectivity index (χ0n) is 12.1. The molecule has 5 nitrogen and oxygen atoms in total. The minimum Gasteiger partial charge on any atom is -0.478 e. The maximum Gasteiger partial charge on any atom is 0.218 e. The Labute approximate surface area is 120 Å². The second-order valence-corrected chi connectivity index (χ2v) is 5.89. The van der Waals surface area contributed by atoms with Gasteiger partial charge in [-0.1, -0.05) is 12.8 Å². The lowest BCUT2D eigenvalue weighted by atomic mass is 9.71. The summed E-state index contributed by atoms with van der Waals surface area (Å²) in [6.07, 6.45) is 6.87. The average molecular weight is 277 g/mol. The number of nitrogens with zero attached hydrogens (tertiary/aromatic N) is 3. The summed E-state index contributed by atoms with van der Waals surface area (Å²) in [6.45, 7) is 4.30. The van der Waals surface area contributed by atoms with Crippen molar-refractivity contribution in [2.75, 3.05) is 24.6 Å². The number of aromatic nitrogens is 2. The monoisotopic (exact) mass is 277 g/mol. The predicted molar refractivity (Wildman–Crippen MR) is 76.9 cm³/mol. The minimum absolute atomic E-state index is 0.371. The molecule has 2 fully saturated rings. The number of hydrogen-bond donors (Lipinski definition) is 1. The van der Waals surface area contributed by atoms with Gasteiger partial charge < -0.3 is 14.7 Å². The van der Waals surface area contributed by atoms with E-state index in [1.807, 2.05) is 13.0 Å². The molecule has 1 aromatic rings. The molecule has 1 aliphatic heterocycles. The van der Waals surface area contributed by atoms with E-state index in [9.17, 15) is 5.11 Å². The van der Waals surface area contributed by atoms with Gasteiger partial charge in [0.05, 0.1) is 12.2 Å². The van der Waals surface area contributed by atoms with Gasteiger partial charge in [0.1, 0.15) is 12.1 Å². The molecule has 1 N–H and O–H groups in total. The first-order chi connectivity index (χ1) is 9.71. The maximum atomic E-state index is 10.7. The van der Waals surface area contributed by atoms with Gasteiger partial charge in [0.2, 0.25) is 5.88 Å². The Bertz CT molecular complexity index is 468. The van der Waals surface area contributed by atoms with Crippen LogP contribution in [0.15, 0.2) is 12.4 Å². The Hall–Kier alpha value is -1.36. The summed E-state index contributed by atoms with van der Waals surface area (Å²) < 4.78 is 5.44. The predicted octanol–water partition coefficient (Wildman–Crippen LogP) is 2.01. The van der Waals surface area contributed by atoms with Crippen molar-refractivity contribution in [3.05, 3.63) is 12.4 Å².